The van der Waals surface area contributed by atoms with Crippen LogP contribution in [0, 0.1) is 10.8 Å². The average molecular weight is 497 g/mol. The first-order valence-corrected chi connectivity index (χ1v) is 15.0. The molecule has 1 aromatic heterocycles. The van der Waals surface area contributed by atoms with Gasteiger partial charge in [-0.3, -0.25) is 0 Å². The zero-order chi connectivity index (χ0) is 25.2. The summed E-state index contributed by atoms with van der Waals surface area (Å²) in [6.45, 7) is 10.4. The fraction of sp³-hybridized carbons (Fsp3) is 0.375. The molecule has 1 heterocycles. The Morgan fingerprint density at radius 3 is 2.06 bits per heavy atom. The van der Waals surface area contributed by atoms with Crippen LogP contribution in [0.3, 0.4) is 0 Å². The average Bonchev–Trinajstić information content (AvgIpc) is 3.56. The number of fused-ring (bicyclic) bond motifs is 1. The summed E-state index contributed by atoms with van der Waals surface area (Å²) in [5, 5.41) is 7.96. The second-order valence-electron chi connectivity index (χ2n) is 11.8. The molecule has 1 aliphatic rings. The first-order valence-electron chi connectivity index (χ1n) is 13.4. The van der Waals surface area contributed by atoms with Crippen molar-refractivity contribution in [3.8, 4) is 0 Å². The molecule has 36 heavy (non-hydrogen) atoms. The Morgan fingerprint density at radius 1 is 0.889 bits per heavy atom. The largest absolute Gasteiger partial charge is 0.407 e. The van der Waals surface area contributed by atoms with E-state index in [1.54, 1.807) is 0 Å². The summed E-state index contributed by atoms with van der Waals surface area (Å²) in [6.07, 6.45) is 5.85. The highest BCUT2D eigenvalue weighted by molar-refractivity contribution is 6.80. The second-order valence-corrected chi connectivity index (χ2v) is 14.2. The van der Waals surface area contributed by atoms with E-state index >= 15 is 0 Å². The summed E-state index contributed by atoms with van der Waals surface area (Å²) >= 11 is 0. The highest BCUT2D eigenvalue weighted by Gasteiger charge is 2.54. The summed E-state index contributed by atoms with van der Waals surface area (Å²) in [6, 6.07) is 30.8. The Hall–Kier alpha value is -2.66. The highest BCUT2D eigenvalue weighted by Crippen LogP contribution is 2.54. The molecule has 2 N–H and O–H groups in total. The van der Waals surface area contributed by atoms with Gasteiger partial charge in [-0.15, -0.1) is 0 Å². The van der Waals surface area contributed by atoms with E-state index in [1.807, 2.05) is 0 Å². The van der Waals surface area contributed by atoms with Gasteiger partial charge in [-0.1, -0.05) is 99.6 Å². The van der Waals surface area contributed by atoms with Gasteiger partial charge in [-0.2, -0.15) is 0 Å². The summed E-state index contributed by atoms with van der Waals surface area (Å²) in [4.78, 5) is 3.43. The molecule has 4 aromatic rings. The van der Waals surface area contributed by atoms with Gasteiger partial charge in [-0.25, -0.2) is 0 Å². The molecule has 1 fully saturated rings. The Morgan fingerprint density at radius 2 is 1.47 bits per heavy atom. The van der Waals surface area contributed by atoms with Crippen LogP contribution in [0.4, 0.5) is 0 Å². The molecule has 0 amide bonds. The zero-order valence-electron chi connectivity index (χ0n) is 22.1. The Balaban J connectivity index is 1.33. The summed E-state index contributed by atoms with van der Waals surface area (Å²) in [5.41, 5.74) is 2.87. The molecule has 188 valence electrons. The summed E-state index contributed by atoms with van der Waals surface area (Å²) < 4.78 is 7.30. The number of benzene rings is 3. The predicted molar refractivity (Wildman–Crippen MR) is 155 cm³/mol. The first kappa shape index (κ1) is 25.0. The number of nitrogens with one attached hydrogen (secondary N) is 2. The molecule has 0 spiro atoms. The molecular weight excluding hydrogens is 456 g/mol. The van der Waals surface area contributed by atoms with Crippen molar-refractivity contribution in [2.45, 2.75) is 59.1 Å². The van der Waals surface area contributed by atoms with Gasteiger partial charge < -0.3 is 14.7 Å². The van der Waals surface area contributed by atoms with Gasteiger partial charge in [0.2, 0.25) is 9.04 Å². The van der Waals surface area contributed by atoms with Gasteiger partial charge in [0.05, 0.1) is 6.10 Å². The molecule has 1 aliphatic carbocycles. The van der Waals surface area contributed by atoms with E-state index in [0.717, 1.165) is 13.0 Å². The van der Waals surface area contributed by atoms with E-state index in [4.69, 9.17) is 4.43 Å². The van der Waals surface area contributed by atoms with Crippen LogP contribution in [0.25, 0.3) is 10.9 Å². The number of para-hydroxylation sites is 1. The first-order chi connectivity index (χ1) is 17.4. The standard InChI is InChI=1S/C32H40N2OSi/c1-24(21-25-22-33-29-18-12-11-17-28(25)29)34-23-32(19-20-32)30(31(2,3)4)35-36(26-13-7-5-8-14-26)27-15-9-6-10-16-27/h5-18,22,24,30,33-34,36H,19-21,23H2,1-4H3. The van der Waals surface area contributed by atoms with Gasteiger partial charge in [0.15, 0.2) is 0 Å². The Labute approximate surface area is 218 Å². The quantitative estimate of drug-likeness (QED) is 0.287. The third kappa shape index (κ3) is 5.51. The molecule has 3 nitrogen and oxygen atoms in total. The molecule has 1 saturated carbocycles. The van der Waals surface area contributed by atoms with Crippen LogP contribution in [-0.4, -0.2) is 32.7 Å². The minimum atomic E-state index is -1.83. The van der Waals surface area contributed by atoms with E-state index in [9.17, 15) is 0 Å². The summed E-state index contributed by atoms with van der Waals surface area (Å²) in [7, 11) is -1.83. The van der Waals surface area contributed by atoms with Gasteiger partial charge in [0.1, 0.15) is 0 Å². The van der Waals surface area contributed by atoms with E-state index < -0.39 is 9.04 Å². The van der Waals surface area contributed by atoms with Crippen LogP contribution >= 0.6 is 0 Å². The smallest absolute Gasteiger partial charge is 0.240 e. The van der Waals surface area contributed by atoms with Gasteiger partial charge in [-0.05, 0) is 53.6 Å². The number of H-pyrrole nitrogens is 1. The van der Waals surface area contributed by atoms with E-state index in [1.165, 1.54) is 39.7 Å². The topological polar surface area (TPSA) is 37.0 Å². The molecule has 2 atom stereocenters. The maximum atomic E-state index is 7.30. The Kier molecular flexibility index (Phi) is 7.20. The van der Waals surface area contributed by atoms with Crippen molar-refractivity contribution in [2.24, 2.45) is 10.8 Å². The fourth-order valence-electron chi connectivity index (χ4n) is 5.78. The number of rotatable bonds is 10. The monoisotopic (exact) mass is 496 g/mol. The fourth-order valence-corrected chi connectivity index (χ4v) is 8.59. The normalized spacial score (nSPS) is 16.8. The van der Waals surface area contributed by atoms with Crippen molar-refractivity contribution in [1.29, 1.82) is 0 Å². The van der Waals surface area contributed by atoms with Crippen LogP contribution in [0.15, 0.2) is 91.1 Å². The third-order valence-corrected chi connectivity index (χ3v) is 10.2. The van der Waals surface area contributed by atoms with E-state index in [-0.39, 0.29) is 16.9 Å². The van der Waals surface area contributed by atoms with E-state index in [2.05, 4.69) is 129 Å². The molecule has 2 unspecified atom stereocenters. The lowest BCUT2D eigenvalue weighted by Crippen LogP contribution is -2.54. The van der Waals surface area contributed by atoms with E-state index in [0.29, 0.717) is 6.04 Å². The van der Waals surface area contributed by atoms with Gasteiger partial charge in [0.25, 0.3) is 0 Å². The molecule has 0 saturated heterocycles. The van der Waals surface area contributed by atoms with Crippen LogP contribution in [0.2, 0.25) is 0 Å². The third-order valence-electron chi connectivity index (χ3n) is 7.72. The lowest BCUT2D eigenvalue weighted by atomic mass is 9.79. The SMILES string of the molecule is CC(Cc1c[nH]c2ccccc12)NCC1(C(O[SiH](c2ccccc2)c2ccccc2)C(C)(C)C)CC1. The van der Waals surface area contributed by atoms with Crippen molar-refractivity contribution in [1.82, 2.24) is 10.3 Å². The van der Waals surface area contributed by atoms with Crippen LogP contribution in [-0.2, 0) is 10.8 Å². The maximum absolute atomic E-state index is 7.30. The predicted octanol–water partition coefficient (Wildman–Crippen LogP) is 5.44. The van der Waals surface area contributed by atoms with Gasteiger partial charge in [0, 0.05) is 35.1 Å². The second kappa shape index (κ2) is 10.4. The minimum Gasteiger partial charge on any atom is -0.407 e. The van der Waals surface area contributed by atoms with Crippen molar-refractivity contribution in [3.63, 3.8) is 0 Å². The molecule has 4 heteroatoms. The van der Waals surface area contributed by atoms with Crippen molar-refractivity contribution in [2.75, 3.05) is 6.54 Å². The van der Waals surface area contributed by atoms with Crippen molar-refractivity contribution in [3.05, 3.63) is 96.7 Å². The van der Waals surface area contributed by atoms with Crippen LogP contribution < -0.4 is 15.7 Å². The zero-order valence-corrected chi connectivity index (χ0v) is 23.3. The molecule has 5 rings (SSSR count). The Bertz CT molecular complexity index is 1220. The molecule has 0 bridgehead atoms. The molecule has 0 aliphatic heterocycles. The van der Waals surface area contributed by atoms with Crippen LogP contribution in [0.1, 0.15) is 46.1 Å². The van der Waals surface area contributed by atoms with Crippen molar-refractivity contribution >= 4 is 30.3 Å². The lowest BCUT2D eigenvalue weighted by Gasteiger charge is -2.41. The highest BCUT2D eigenvalue weighted by atomic mass is 28.3. The lowest BCUT2D eigenvalue weighted by molar-refractivity contribution is 0.0215. The number of aromatic amines is 1. The molecule has 0 radical (unpaired) electrons. The number of hydrogen-bond acceptors (Lipinski definition) is 2. The minimum absolute atomic E-state index is 0.0626. The van der Waals surface area contributed by atoms with Crippen molar-refractivity contribution < 1.29 is 4.43 Å². The summed E-state index contributed by atoms with van der Waals surface area (Å²) in [5.74, 6) is 0. The molecular formula is C32H40N2OSi. The van der Waals surface area contributed by atoms with Gasteiger partial charge >= 0.3 is 0 Å². The maximum Gasteiger partial charge on any atom is 0.240 e. The van der Waals surface area contributed by atoms with Crippen LogP contribution in [0.5, 0.6) is 0 Å². The number of hydrogen-bond donors (Lipinski definition) is 2. The molecule has 3 aromatic carbocycles. The number of aromatic nitrogens is 1.